The highest BCUT2D eigenvalue weighted by Gasteiger charge is 2.24. The Morgan fingerprint density at radius 1 is 1.00 bits per heavy atom. The number of para-hydroxylation sites is 1. The standard InChI is InChI=1S/C25H21ClN6O4S/c1-14(30-24-20-18(33)11-12-27-23(20)28-13-29-24)22-21(26)16-9-6-10-17(31-37(2,35)36)19(16)25(34)32(22)15-7-4-3-5-8-15/h3-14,31H,1-2H3,(H2,27,28,29,30,33)/t14-/m0/s1. The van der Waals surface area contributed by atoms with Crippen LogP contribution in [0.4, 0.5) is 11.5 Å². The molecular formula is C25H21ClN6O4S. The van der Waals surface area contributed by atoms with E-state index in [2.05, 4.69) is 25.0 Å². The van der Waals surface area contributed by atoms with Gasteiger partial charge in [-0.1, -0.05) is 41.9 Å². The number of anilines is 2. The zero-order chi connectivity index (χ0) is 26.3. The number of sulfonamides is 1. The molecule has 3 N–H and O–H groups in total. The van der Waals surface area contributed by atoms with Crippen molar-refractivity contribution in [2.75, 3.05) is 16.3 Å². The van der Waals surface area contributed by atoms with E-state index in [1.54, 1.807) is 43.3 Å². The fourth-order valence-corrected chi connectivity index (χ4v) is 5.29. The van der Waals surface area contributed by atoms with Gasteiger partial charge in [0.15, 0.2) is 5.43 Å². The van der Waals surface area contributed by atoms with Crippen LogP contribution in [0.15, 0.2) is 76.7 Å². The molecule has 0 amide bonds. The first-order valence-corrected chi connectivity index (χ1v) is 13.4. The summed E-state index contributed by atoms with van der Waals surface area (Å²) in [6, 6.07) is 14.4. The summed E-state index contributed by atoms with van der Waals surface area (Å²) in [5.41, 5.74) is 0.674. The first-order valence-electron chi connectivity index (χ1n) is 11.1. The van der Waals surface area contributed by atoms with Crippen molar-refractivity contribution in [3.8, 4) is 5.69 Å². The van der Waals surface area contributed by atoms with Gasteiger partial charge in [-0.05, 0) is 25.1 Å². The van der Waals surface area contributed by atoms with Crippen LogP contribution < -0.4 is 21.0 Å². The van der Waals surface area contributed by atoms with Crippen molar-refractivity contribution >= 4 is 54.9 Å². The number of aromatic amines is 1. The van der Waals surface area contributed by atoms with Crippen LogP contribution in [0.2, 0.25) is 5.02 Å². The summed E-state index contributed by atoms with van der Waals surface area (Å²) in [6.45, 7) is 1.79. The monoisotopic (exact) mass is 536 g/mol. The van der Waals surface area contributed by atoms with E-state index in [0.717, 1.165) is 6.26 Å². The summed E-state index contributed by atoms with van der Waals surface area (Å²) < 4.78 is 27.9. The van der Waals surface area contributed by atoms with E-state index in [9.17, 15) is 18.0 Å². The van der Waals surface area contributed by atoms with Gasteiger partial charge < -0.3 is 10.3 Å². The van der Waals surface area contributed by atoms with Gasteiger partial charge in [-0.25, -0.2) is 18.4 Å². The molecule has 0 fully saturated rings. The lowest BCUT2D eigenvalue weighted by molar-refractivity contribution is 0.607. The number of halogens is 1. The highest BCUT2D eigenvalue weighted by molar-refractivity contribution is 7.92. The van der Waals surface area contributed by atoms with Crippen molar-refractivity contribution in [1.29, 1.82) is 0 Å². The van der Waals surface area contributed by atoms with Gasteiger partial charge in [-0.3, -0.25) is 18.9 Å². The predicted octanol–water partition coefficient (Wildman–Crippen LogP) is 3.82. The molecule has 188 valence electrons. The minimum atomic E-state index is -3.67. The molecule has 0 saturated carbocycles. The van der Waals surface area contributed by atoms with E-state index in [1.807, 2.05) is 6.07 Å². The maximum atomic E-state index is 14.0. The van der Waals surface area contributed by atoms with Crippen molar-refractivity contribution in [2.45, 2.75) is 13.0 Å². The maximum Gasteiger partial charge on any atom is 0.265 e. The summed E-state index contributed by atoms with van der Waals surface area (Å²) in [7, 11) is -3.67. The van der Waals surface area contributed by atoms with Crippen LogP contribution in [0.3, 0.4) is 0 Å². The molecule has 3 heterocycles. The zero-order valence-corrected chi connectivity index (χ0v) is 21.3. The van der Waals surface area contributed by atoms with Gasteiger partial charge in [0.05, 0.1) is 34.1 Å². The molecule has 0 radical (unpaired) electrons. The minimum Gasteiger partial charge on any atom is -0.361 e. The van der Waals surface area contributed by atoms with Crippen LogP contribution in [-0.2, 0) is 10.0 Å². The Bertz CT molecular complexity index is 1880. The van der Waals surface area contributed by atoms with Gasteiger partial charge in [0.25, 0.3) is 5.56 Å². The highest BCUT2D eigenvalue weighted by atomic mass is 35.5. The predicted molar refractivity (Wildman–Crippen MR) is 145 cm³/mol. The lowest BCUT2D eigenvalue weighted by Gasteiger charge is -2.24. The van der Waals surface area contributed by atoms with Gasteiger partial charge in [0, 0.05) is 23.3 Å². The van der Waals surface area contributed by atoms with E-state index in [0.29, 0.717) is 22.4 Å². The molecule has 1 atom stereocenters. The Morgan fingerprint density at radius 3 is 2.49 bits per heavy atom. The second-order valence-electron chi connectivity index (χ2n) is 8.43. The number of pyridine rings is 2. The zero-order valence-electron chi connectivity index (χ0n) is 19.7. The normalized spacial score (nSPS) is 12.5. The largest absolute Gasteiger partial charge is 0.361 e. The van der Waals surface area contributed by atoms with Crippen molar-refractivity contribution in [3.05, 3.63) is 98.4 Å². The van der Waals surface area contributed by atoms with Crippen LogP contribution in [-0.4, -0.2) is 34.2 Å². The number of benzene rings is 2. The van der Waals surface area contributed by atoms with Crippen LogP contribution in [0.25, 0.3) is 27.5 Å². The van der Waals surface area contributed by atoms with Crippen LogP contribution in [0, 0.1) is 0 Å². The molecular weight excluding hydrogens is 516 g/mol. The fourth-order valence-electron chi connectivity index (χ4n) is 4.32. The van der Waals surface area contributed by atoms with Gasteiger partial charge in [0.1, 0.15) is 23.2 Å². The summed E-state index contributed by atoms with van der Waals surface area (Å²) in [5.74, 6) is 0.273. The van der Waals surface area contributed by atoms with E-state index >= 15 is 0 Å². The molecule has 37 heavy (non-hydrogen) atoms. The number of rotatable bonds is 6. The van der Waals surface area contributed by atoms with Crippen LogP contribution in [0.5, 0.6) is 0 Å². The van der Waals surface area contributed by atoms with Gasteiger partial charge in [0.2, 0.25) is 10.0 Å². The minimum absolute atomic E-state index is 0.122. The number of hydrogen-bond donors (Lipinski definition) is 3. The Labute approximate surface area is 216 Å². The topological polar surface area (TPSA) is 139 Å². The molecule has 0 aliphatic rings. The van der Waals surface area contributed by atoms with Crippen molar-refractivity contribution < 1.29 is 8.42 Å². The molecule has 0 unspecified atom stereocenters. The van der Waals surface area contributed by atoms with Gasteiger partial charge in [-0.2, -0.15) is 0 Å². The quantitative estimate of drug-likeness (QED) is 0.300. The molecule has 0 spiro atoms. The average molecular weight is 537 g/mol. The van der Waals surface area contributed by atoms with Crippen LogP contribution >= 0.6 is 11.6 Å². The number of nitrogens with one attached hydrogen (secondary N) is 3. The summed E-state index contributed by atoms with van der Waals surface area (Å²) in [5, 5.41) is 4.22. The second-order valence-corrected chi connectivity index (χ2v) is 10.6. The summed E-state index contributed by atoms with van der Waals surface area (Å²) in [6.07, 6.45) is 3.83. The average Bonchev–Trinajstić information content (AvgIpc) is 2.85. The number of fused-ring (bicyclic) bond motifs is 2. The first-order chi connectivity index (χ1) is 17.7. The maximum absolute atomic E-state index is 14.0. The smallest absolute Gasteiger partial charge is 0.265 e. The number of hydrogen-bond acceptors (Lipinski definition) is 7. The molecule has 0 aliphatic carbocycles. The summed E-state index contributed by atoms with van der Waals surface area (Å²) in [4.78, 5) is 37.9. The molecule has 3 aromatic heterocycles. The fraction of sp³-hybridized carbons (Fsp3) is 0.120. The van der Waals surface area contributed by atoms with Crippen LogP contribution in [0.1, 0.15) is 18.7 Å². The van der Waals surface area contributed by atoms with Crippen molar-refractivity contribution in [2.24, 2.45) is 0 Å². The van der Waals surface area contributed by atoms with E-state index < -0.39 is 21.6 Å². The SMILES string of the molecule is C[C@H](Nc1ncnc2[nH]ccc(=O)c12)c1c(Cl)c2cccc(NS(C)(=O)=O)c2c(=O)n1-c1ccccc1. The Morgan fingerprint density at radius 2 is 1.76 bits per heavy atom. The third kappa shape index (κ3) is 4.54. The second kappa shape index (κ2) is 9.34. The Kier molecular flexibility index (Phi) is 6.18. The molecule has 12 heteroatoms. The molecule has 2 aromatic carbocycles. The third-order valence-corrected chi connectivity index (χ3v) is 6.79. The lowest BCUT2D eigenvalue weighted by Crippen LogP contribution is -2.27. The number of aromatic nitrogens is 4. The molecule has 0 aliphatic heterocycles. The lowest BCUT2D eigenvalue weighted by atomic mass is 10.1. The first kappa shape index (κ1) is 24.5. The molecule has 10 nitrogen and oxygen atoms in total. The van der Waals surface area contributed by atoms with Gasteiger partial charge in [-0.15, -0.1) is 0 Å². The Hall–Kier alpha value is -4.22. The van der Waals surface area contributed by atoms with E-state index in [4.69, 9.17) is 11.6 Å². The summed E-state index contributed by atoms with van der Waals surface area (Å²) >= 11 is 6.94. The highest BCUT2D eigenvalue weighted by Crippen LogP contribution is 2.35. The number of nitrogens with zero attached hydrogens (tertiary/aromatic N) is 3. The third-order valence-electron chi connectivity index (χ3n) is 5.81. The van der Waals surface area contributed by atoms with E-state index in [-0.39, 0.29) is 32.7 Å². The van der Waals surface area contributed by atoms with Crippen molar-refractivity contribution in [1.82, 2.24) is 19.5 Å². The molecule has 0 saturated heterocycles. The molecule has 0 bridgehead atoms. The Balaban J connectivity index is 1.78. The molecule has 5 aromatic rings. The number of H-pyrrole nitrogens is 1. The van der Waals surface area contributed by atoms with E-state index in [1.165, 1.54) is 29.2 Å². The van der Waals surface area contributed by atoms with Gasteiger partial charge >= 0.3 is 0 Å². The van der Waals surface area contributed by atoms with Crippen molar-refractivity contribution in [3.63, 3.8) is 0 Å². The molecule has 5 rings (SSSR count).